The van der Waals surface area contributed by atoms with Crippen LogP contribution >= 0.6 is 23.2 Å². The molecule has 2 aliphatic heterocycles. The molecule has 3 aromatic rings. The molecule has 0 aromatic heterocycles. The van der Waals surface area contributed by atoms with Crippen LogP contribution in [-0.2, 0) is 26.2 Å². The molecule has 2 unspecified atom stereocenters. The van der Waals surface area contributed by atoms with Gasteiger partial charge in [-0.2, -0.15) is 0 Å². The Morgan fingerprint density at radius 2 is 1.78 bits per heavy atom. The number of para-hydroxylation sites is 2. The number of ether oxygens (including phenoxy) is 3. The second-order valence-corrected chi connectivity index (χ2v) is 16.2. The van der Waals surface area contributed by atoms with Gasteiger partial charge < -0.3 is 24.6 Å². The van der Waals surface area contributed by atoms with Crippen molar-refractivity contribution in [2.75, 3.05) is 11.4 Å². The van der Waals surface area contributed by atoms with E-state index in [1.807, 2.05) is 6.07 Å². The number of carbonyl (C=O) groups excluding carboxylic acids is 3. The molecule has 2 bridgehead atoms. The Labute approximate surface area is 301 Å². The fourth-order valence-corrected chi connectivity index (χ4v) is 9.56. The van der Waals surface area contributed by atoms with Crippen LogP contribution < -0.4 is 19.7 Å². The first kappa shape index (κ1) is 33.5. The molecule has 2 saturated carbocycles. The number of esters is 1. The van der Waals surface area contributed by atoms with Gasteiger partial charge in [-0.3, -0.25) is 9.59 Å². The van der Waals surface area contributed by atoms with Crippen LogP contribution in [-0.4, -0.2) is 52.8 Å². The topological polar surface area (TPSA) is 114 Å². The molecule has 2 N–H and O–H groups in total. The van der Waals surface area contributed by atoms with Gasteiger partial charge in [0.25, 0.3) is 0 Å². The zero-order chi connectivity index (χ0) is 35.2. The number of piperidine rings is 1. The van der Waals surface area contributed by atoms with E-state index in [0.717, 1.165) is 17.5 Å². The highest BCUT2D eigenvalue weighted by molar-refractivity contribution is 6.40. The van der Waals surface area contributed by atoms with Crippen molar-refractivity contribution in [3.05, 3.63) is 81.3 Å². The summed E-state index contributed by atoms with van der Waals surface area (Å²) in [7, 11) is 0. The Morgan fingerprint density at radius 1 is 1.04 bits per heavy atom. The maximum atomic E-state index is 13.9. The van der Waals surface area contributed by atoms with Crippen molar-refractivity contribution >= 4 is 52.4 Å². The molecule has 262 valence electrons. The van der Waals surface area contributed by atoms with E-state index in [0.29, 0.717) is 42.3 Å². The highest BCUT2D eigenvalue weighted by Gasteiger charge is 2.73. The number of ketones is 1. The van der Waals surface area contributed by atoms with Gasteiger partial charge in [0.05, 0.1) is 38.9 Å². The minimum absolute atomic E-state index is 0.0372. The van der Waals surface area contributed by atoms with Crippen LogP contribution in [0.5, 0.6) is 11.5 Å². The molecule has 1 amide bonds. The maximum absolute atomic E-state index is 13.9. The molecule has 1 saturated heterocycles. The Hall–Kier alpha value is -3.63. The van der Waals surface area contributed by atoms with Crippen molar-refractivity contribution in [3.63, 3.8) is 0 Å². The van der Waals surface area contributed by atoms with Gasteiger partial charge in [0.1, 0.15) is 5.60 Å². The molecule has 0 radical (unpaired) electrons. The normalized spacial score (nSPS) is 27.6. The second kappa shape index (κ2) is 12.0. The van der Waals surface area contributed by atoms with E-state index in [4.69, 9.17) is 37.4 Å². The van der Waals surface area contributed by atoms with Crippen LogP contribution in [0.1, 0.15) is 81.9 Å². The molecule has 5 aliphatic rings. The lowest BCUT2D eigenvalue weighted by molar-refractivity contribution is -0.169. The van der Waals surface area contributed by atoms with Gasteiger partial charge in [-0.15, -0.1) is 0 Å². The smallest absolute Gasteiger partial charge is 0.419 e. The van der Waals surface area contributed by atoms with E-state index in [9.17, 15) is 19.5 Å². The van der Waals surface area contributed by atoms with Crippen LogP contribution in [0.3, 0.4) is 0 Å². The summed E-state index contributed by atoms with van der Waals surface area (Å²) < 4.78 is 18.4. The molecule has 3 aromatic carbocycles. The highest BCUT2D eigenvalue weighted by atomic mass is 35.5. The minimum atomic E-state index is -1.16. The predicted octanol–water partition coefficient (Wildman–Crippen LogP) is 7.57. The third kappa shape index (κ3) is 5.23. The molecule has 1 spiro atoms. The molecule has 3 aliphatic carbocycles. The summed E-state index contributed by atoms with van der Waals surface area (Å²) >= 11 is 13.2. The second-order valence-electron chi connectivity index (χ2n) is 15.3. The average molecular weight is 720 g/mol. The number of hydrogen-bond acceptors (Lipinski definition) is 8. The Morgan fingerprint density at radius 3 is 2.50 bits per heavy atom. The van der Waals surface area contributed by atoms with Crippen molar-refractivity contribution in [2.24, 2.45) is 5.92 Å². The number of amides is 1. The lowest BCUT2D eigenvalue weighted by atomic mass is 9.47. The van der Waals surface area contributed by atoms with Crippen molar-refractivity contribution in [1.29, 1.82) is 0 Å². The van der Waals surface area contributed by atoms with Crippen molar-refractivity contribution < 1.29 is 33.7 Å². The van der Waals surface area contributed by atoms with E-state index < -0.39 is 34.8 Å². The predicted molar refractivity (Wildman–Crippen MR) is 189 cm³/mol. The van der Waals surface area contributed by atoms with E-state index in [-0.39, 0.29) is 52.1 Å². The summed E-state index contributed by atoms with van der Waals surface area (Å²) in [5, 5.41) is 16.7. The number of benzene rings is 3. The fraction of sp³-hybridized carbons (Fsp3) is 0.462. The first-order valence-corrected chi connectivity index (χ1v) is 18.2. The molecule has 3 fully saturated rings. The number of Topliss-reactive ketones (excluding diaryl/α,β-unsaturated/α-hetero) is 1. The van der Waals surface area contributed by atoms with Crippen LogP contribution in [0.4, 0.5) is 16.2 Å². The molecular formula is C39H40Cl2N2O7. The van der Waals surface area contributed by atoms with Crippen LogP contribution in [0.15, 0.2) is 54.6 Å². The lowest BCUT2D eigenvalue weighted by Gasteiger charge is -2.61. The molecule has 9 nitrogen and oxygen atoms in total. The summed E-state index contributed by atoms with van der Waals surface area (Å²) in [6.45, 7) is 5.93. The molecular weight excluding hydrogens is 679 g/mol. The largest absolute Gasteiger partial charge is 0.477 e. The summed E-state index contributed by atoms with van der Waals surface area (Å²) in [6.07, 6.45) is 2.67. The quantitative estimate of drug-likeness (QED) is 0.190. The van der Waals surface area contributed by atoms with Gasteiger partial charge in [0, 0.05) is 23.9 Å². The van der Waals surface area contributed by atoms with Crippen molar-refractivity contribution in [3.8, 4) is 11.5 Å². The number of aliphatic hydroxyl groups is 1. The van der Waals surface area contributed by atoms with Gasteiger partial charge in [-0.1, -0.05) is 66.4 Å². The van der Waals surface area contributed by atoms with Crippen LogP contribution in [0, 0.1) is 5.92 Å². The standard InChI is InChI=1S/C39H40Cl2N2O7/c1-37(2,3)50-36(46)43(32-25(40)8-6-9-26(32)41)27-10-5-4-7-22(27)20-30(45)48-29-14-13-23-24(19-21-11-12-21)34-39(47)16-15-28(44)35-38(39,17-18-42-34)31(23)33(29)49-35/h4-10,13-14,21,24,34-35,42,47H,11-12,15-20H2,1-3H3/t24?,34-,35?,38+,39-/m1/s1. The Bertz CT molecular complexity index is 1900. The first-order valence-electron chi connectivity index (χ1n) is 17.4. The van der Waals surface area contributed by atoms with Gasteiger partial charge in [-0.05, 0) is 87.9 Å². The molecule has 50 heavy (non-hydrogen) atoms. The average Bonchev–Trinajstić information content (AvgIpc) is 3.80. The van der Waals surface area contributed by atoms with Crippen molar-refractivity contribution in [1.82, 2.24) is 5.32 Å². The third-order valence-corrected chi connectivity index (χ3v) is 11.7. The number of halogens is 2. The van der Waals surface area contributed by atoms with Gasteiger partial charge in [0.15, 0.2) is 23.4 Å². The summed E-state index contributed by atoms with van der Waals surface area (Å²) in [4.78, 5) is 42.4. The Balaban J connectivity index is 1.16. The summed E-state index contributed by atoms with van der Waals surface area (Å²) in [5.41, 5.74) is 0.0532. The number of nitrogens with zero attached hydrogens (tertiary/aromatic N) is 1. The van der Waals surface area contributed by atoms with Crippen LogP contribution in [0.2, 0.25) is 10.0 Å². The molecule has 5 atom stereocenters. The molecule has 8 rings (SSSR count). The van der Waals surface area contributed by atoms with Crippen LogP contribution in [0.25, 0.3) is 0 Å². The van der Waals surface area contributed by atoms with Crippen molar-refractivity contribution in [2.45, 2.75) is 100 Å². The van der Waals surface area contributed by atoms with E-state index >= 15 is 0 Å². The van der Waals surface area contributed by atoms with Gasteiger partial charge >= 0.3 is 12.1 Å². The fourth-order valence-electron chi connectivity index (χ4n) is 8.99. The molecule has 2 heterocycles. The summed E-state index contributed by atoms with van der Waals surface area (Å²) in [5.74, 6) is 0.612. The lowest BCUT2D eigenvalue weighted by Crippen LogP contribution is -2.76. The zero-order valence-corrected chi connectivity index (χ0v) is 29.8. The molecule has 11 heteroatoms. The highest BCUT2D eigenvalue weighted by Crippen LogP contribution is 2.67. The third-order valence-electron chi connectivity index (χ3n) is 11.1. The van der Waals surface area contributed by atoms with E-state index in [1.165, 1.54) is 17.7 Å². The number of nitrogens with one attached hydrogen (secondary N) is 1. The number of rotatable bonds is 7. The summed E-state index contributed by atoms with van der Waals surface area (Å²) in [6, 6.07) is 15.4. The van der Waals surface area contributed by atoms with Gasteiger partial charge in [-0.25, -0.2) is 9.69 Å². The Kier molecular flexibility index (Phi) is 8.02. The van der Waals surface area contributed by atoms with E-state index in [2.05, 4.69) is 5.32 Å². The van der Waals surface area contributed by atoms with Gasteiger partial charge in [0.2, 0.25) is 0 Å². The first-order chi connectivity index (χ1) is 23.8. The number of hydrogen-bond donors (Lipinski definition) is 2. The zero-order valence-electron chi connectivity index (χ0n) is 28.3. The SMILES string of the molecule is CC(C)(C)OC(=O)N(c1ccccc1CC(=O)Oc1ccc2c3c1OC1C(=O)CC[C@@]4(O)[C@H](NCC[C@]314)C2CC1CC1)c1c(Cl)cccc1Cl. The minimum Gasteiger partial charge on any atom is -0.477 e. The number of anilines is 2. The van der Waals surface area contributed by atoms with E-state index in [1.54, 1.807) is 69.3 Å². The monoisotopic (exact) mass is 718 g/mol. The number of carbonyl (C=O) groups is 3. The maximum Gasteiger partial charge on any atom is 0.419 e.